The Morgan fingerprint density at radius 3 is 2.69 bits per heavy atom. The van der Waals surface area contributed by atoms with E-state index in [-0.39, 0.29) is 18.4 Å². The van der Waals surface area contributed by atoms with Crippen LogP contribution in [0.1, 0.15) is 18.9 Å². The number of pyridine rings is 1. The van der Waals surface area contributed by atoms with Crippen molar-refractivity contribution in [1.29, 1.82) is 0 Å². The highest BCUT2D eigenvalue weighted by molar-refractivity contribution is 5.85. The van der Waals surface area contributed by atoms with Crippen molar-refractivity contribution in [2.45, 2.75) is 25.8 Å². The molecule has 2 nitrogen and oxygen atoms in total. The molecule has 0 fully saturated rings. The van der Waals surface area contributed by atoms with Crippen LogP contribution in [-0.2, 0) is 6.42 Å². The number of aromatic nitrogens is 1. The van der Waals surface area contributed by atoms with Crippen molar-refractivity contribution in [3.63, 3.8) is 0 Å². The van der Waals surface area contributed by atoms with Crippen LogP contribution in [0.15, 0.2) is 18.3 Å². The van der Waals surface area contributed by atoms with Gasteiger partial charge < -0.3 is 5.73 Å². The highest BCUT2D eigenvalue weighted by Gasteiger charge is 2.01. The van der Waals surface area contributed by atoms with Crippen LogP contribution in [0.4, 0.5) is 4.39 Å². The summed E-state index contributed by atoms with van der Waals surface area (Å²) < 4.78 is 12.4. The summed E-state index contributed by atoms with van der Waals surface area (Å²) in [6, 6.07) is 3.23. The summed E-state index contributed by atoms with van der Waals surface area (Å²) in [6.45, 7) is 2.03. The van der Waals surface area contributed by atoms with E-state index >= 15 is 0 Å². The van der Waals surface area contributed by atoms with Crippen LogP contribution >= 0.6 is 12.4 Å². The second kappa shape index (κ2) is 5.89. The maximum Gasteiger partial charge on any atom is 0.212 e. The van der Waals surface area contributed by atoms with Crippen molar-refractivity contribution in [3.05, 3.63) is 29.8 Å². The quantitative estimate of drug-likeness (QED) is 0.765. The van der Waals surface area contributed by atoms with E-state index in [4.69, 9.17) is 5.73 Å². The molecule has 13 heavy (non-hydrogen) atoms. The van der Waals surface area contributed by atoms with Crippen LogP contribution < -0.4 is 5.73 Å². The molecule has 74 valence electrons. The minimum absolute atomic E-state index is 0. The third-order valence-corrected chi connectivity index (χ3v) is 1.81. The zero-order valence-electron chi connectivity index (χ0n) is 7.53. The fourth-order valence-corrected chi connectivity index (χ4v) is 0.974. The summed E-state index contributed by atoms with van der Waals surface area (Å²) in [5.74, 6) is -0.441. The highest BCUT2D eigenvalue weighted by atomic mass is 35.5. The van der Waals surface area contributed by atoms with E-state index in [0.29, 0.717) is 0 Å². The molecule has 0 aliphatic carbocycles. The van der Waals surface area contributed by atoms with Crippen LogP contribution in [0.2, 0.25) is 0 Å². The molecule has 0 aliphatic heterocycles. The zero-order valence-corrected chi connectivity index (χ0v) is 8.35. The van der Waals surface area contributed by atoms with E-state index in [1.165, 1.54) is 12.3 Å². The Balaban J connectivity index is 0.00000144. The average Bonchev–Trinajstić information content (AvgIpc) is 2.09. The van der Waals surface area contributed by atoms with Gasteiger partial charge in [0.05, 0.1) is 0 Å². The summed E-state index contributed by atoms with van der Waals surface area (Å²) in [6.07, 6.45) is 3.23. The number of halogens is 2. The minimum Gasteiger partial charge on any atom is -0.327 e. The van der Waals surface area contributed by atoms with Crippen molar-refractivity contribution >= 4 is 12.4 Å². The van der Waals surface area contributed by atoms with Crippen molar-refractivity contribution in [1.82, 2.24) is 4.98 Å². The fourth-order valence-electron chi connectivity index (χ4n) is 0.974. The summed E-state index contributed by atoms with van der Waals surface area (Å²) >= 11 is 0. The molecule has 4 heteroatoms. The van der Waals surface area contributed by atoms with E-state index in [1.807, 2.05) is 6.92 Å². The Hall–Kier alpha value is -0.670. The van der Waals surface area contributed by atoms with Gasteiger partial charge in [-0.2, -0.15) is 4.39 Å². The summed E-state index contributed by atoms with van der Waals surface area (Å²) in [4.78, 5) is 3.54. The number of hydrogen-bond acceptors (Lipinski definition) is 2. The lowest BCUT2D eigenvalue weighted by atomic mass is 10.1. The fraction of sp³-hybridized carbons (Fsp3) is 0.444. The van der Waals surface area contributed by atoms with Crippen molar-refractivity contribution in [2.75, 3.05) is 0 Å². The molecule has 1 aromatic rings. The van der Waals surface area contributed by atoms with Gasteiger partial charge in [-0.3, -0.25) is 0 Å². The molecule has 0 spiro atoms. The first-order chi connectivity index (χ1) is 5.72. The second-order valence-electron chi connectivity index (χ2n) is 2.86. The van der Waals surface area contributed by atoms with Gasteiger partial charge in [0.25, 0.3) is 0 Å². The molecule has 0 bridgehead atoms. The summed E-state index contributed by atoms with van der Waals surface area (Å²) in [7, 11) is 0. The molecule has 0 saturated carbocycles. The molecule has 1 atom stereocenters. The predicted octanol–water partition coefficient (Wildman–Crippen LogP) is 1.92. The molecule has 0 aliphatic rings. The van der Waals surface area contributed by atoms with Crippen LogP contribution in [-0.4, -0.2) is 11.0 Å². The van der Waals surface area contributed by atoms with Gasteiger partial charge in [0.15, 0.2) is 0 Å². The number of hydrogen-bond donors (Lipinski definition) is 1. The SMILES string of the molecule is CCC(N)Cc1ccc(F)nc1.Cl. The monoisotopic (exact) mass is 204 g/mol. The van der Waals surface area contributed by atoms with Gasteiger partial charge in [-0.1, -0.05) is 13.0 Å². The molecular weight excluding hydrogens is 191 g/mol. The Kier molecular flexibility index (Phi) is 5.58. The molecule has 1 aromatic heterocycles. The van der Waals surface area contributed by atoms with Gasteiger partial charge in [0.1, 0.15) is 0 Å². The number of nitrogens with two attached hydrogens (primary N) is 1. The first-order valence-electron chi connectivity index (χ1n) is 4.08. The molecule has 1 unspecified atom stereocenters. The molecule has 0 aromatic carbocycles. The van der Waals surface area contributed by atoms with Gasteiger partial charge in [0.2, 0.25) is 5.95 Å². The number of nitrogens with zero attached hydrogens (tertiary/aromatic N) is 1. The lowest BCUT2D eigenvalue weighted by Crippen LogP contribution is -2.21. The van der Waals surface area contributed by atoms with E-state index in [2.05, 4.69) is 4.98 Å². The van der Waals surface area contributed by atoms with E-state index < -0.39 is 5.95 Å². The topological polar surface area (TPSA) is 38.9 Å². The maximum absolute atomic E-state index is 12.4. The van der Waals surface area contributed by atoms with Crippen LogP contribution in [0.5, 0.6) is 0 Å². The van der Waals surface area contributed by atoms with E-state index in [9.17, 15) is 4.39 Å². The Morgan fingerprint density at radius 2 is 2.23 bits per heavy atom. The maximum atomic E-state index is 12.4. The van der Waals surface area contributed by atoms with Gasteiger partial charge in [-0.25, -0.2) is 4.98 Å². The summed E-state index contributed by atoms with van der Waals surface area (Å²) in [5, 5.41) is 0. The summed E-state index contributed by atoms with van der Waals surface area (Å²) in [5.41, 5.74) is 6.71. The molecule has 0 amide bonds. The highest BCUT2D eigenvalue weighted by Crippen LogP contribution is 2.03. The van der Waals surface area contributed by atoms with Crippen LogP contribution in [0, 0.1) is 5.95 Å². The predicted molar refractivity (Wildman–Crippen MR) is 53.4 cm³/mol. The average molecular weight is 205 g/mol. The minimum atomic E-state index is -0.441. The molecular formula is C9H14ClFN2. The third-order valence-electron chi connectivity index (χ3n) is 1.81. The van der Waals surface area contributed by atoms with E-state index in [0.717, 1.165) is 18.4 Å². The number of rotatable bonds is 3. The molecule has 0 saturated heterocycles. The Bertz CT molecular complexity index is 238. The lowest BCUT2D eigenvalue weighted by Gasteiger charge is -2.07. The zero-order chi connectivity index (χ0) is 8.97. The third kappa shape index (κ3) is 4.20. The van der Waals surface area contributed by atoms with Gasteiger partial charge in [0, 0.05) is 12.2 Å². The molecule has 0 radical (unpaired) electrons. The van der Waals surface area contributed by atoms with E-state index in [1.54, 1.807) is 6.07 Å². The van der Waals surface area contributed by atoms with Crippen molar-refractivity contribution in [2.24, 2.45) is 5.73 Å². The molecule has 1 rings (SSSR count). The normalized spacial score (nSPS) is 11.9. The van der Waals surface area contributed by atoms with Gasteiger partial charge in [-0.15, -0.1) is 12.4 Å². The van der Waals surface area contributed by atoms with Crippen LogP contribution in [0.25, 0.3) is 0 Å². The van der Waals surface area contributed by atoms with Crippen LogP contribution in [0.3, 0.4) is 0 Å². The Labute approximate surface area is 83.8 Å². The molecule has 1 heterocycles. The molecule has 2 N–H and O–H groups in total. The Morgan fingerprint density at radius 1 is 1.54 bits per heavy atom. The standard InChI is InChI=1S/C9H13FN2.ClH/c1-2-8(11)5-7-3-4-9(10)12-6-7;/h3-4,6,8H,2,5,11H2,1H3;1H. The largest absolute Gasteiger partial charge is 0.327 e. The van der Waals surface area contributed by atoms with Gasteiger partial charge >= 0.3 is 0 Å². The lowest BCUT2D eigenvalue weighted by molar-refractivity contribution is 0.579. The van der Waals surface area contributed by atoms with Crippen molar-refractivity contribution in [3.8, 4) is 0 Å². The second-order valence-corrected chi connectivity index (χ2v) is 2.86. The smallest absolute Gasteiger partial charge is 0.212 e. The first kappa shape index (κ1) is 12.3. The van der Waals surface area contributed by atoms with Gasteiger partial charge in [-0.05, 0) is 24.5 Å². The van der Waals surface area contributed by atoms with Crippen molar-refractivity contribution < 1.29 is 4.39 Å². The first-order valence-corrected chi connectivity index (χ1v) is 4.08.